The SMILES string of the molecule is CC(C)(C)c1cc2c(nc1C(C)(C)C)NCCC2. The van der Waals surface area contributed by atoms with Crippen molar-refractivity contribution in [3.63, 3.8) is 0 Å². The third-order valence-corrected chi connectivity index (χ3v) is 3.54. The minimum Gasteiger partial charge on any atom is -0.370 e. The maximum atomic E-state index is 4.94. The fourth-order valence-corrected chi connectivity index (χ4v) is 2.53. The van der Waals surface area contributed by atoms with Gasteiger partial charge in [-0.1, -0.05) is 41.5 Å². The van der Waals surface area contributed by atoms with Crippen LogP contribution in [-0.2, 0) is 17.3 Å². The number of anilines is 1. The molecule has 1 aromatic rings. The van der Waals surface area contributed by atoms with Crippen LogP contribution in [0.3, 0.4) is 0 Å². The van der Waals surface area contributed by atoms with E-state index < -0.39 is 0 Å². The molecule has 2 nitrogen and oxygen atoms in total. The van der Waals surface area contributed by atoms with Crippen molar-refractivity contribution in [2.24, 2.45) is 0 Å². The summed E-state index contributed by atoms with van der Waals surface area (Å²) >= 11 is 0. The van der Waals surface area contributed by atoms with Gasteiger partial charge in [0, 0.05) is 12.0 Å². The predicted octanol–water partition coefficient (Wildman–Crippen LogP) is 4.03. The Bertz CT molecular complexity index is 404. The minimum absolute atomic E-state index is 0.0940. The van der Waals surface area contributed by atoms with Gasteiger partial charge in [-0.2, -0.15) is 0 Å². The number of fused-ring (bicyclic) bond motifs is 1. The molecule has 1 aliphatic rings. The van der Waals surface area contributed by atoms with E-state index in [1.807, 2.05) is 0 Å². The first-order valence-corrected chi connectivity index (χ1v) is 6.98. The number of aryl methyl sites for hydroxylation is 1. The summed E-state index contributed by atoms with van der Waals surface area (Å²) in [5.74, 6) is 1.11. The van der Waals surface area contributed by atoms with Crippen LogP contribution in [0.4, 0.5) is 5.82 Å². The fourth-order valence-electron chi connectivity index (χ4n) is 2.53. The highest BCUT2D eigenvalue weighted by atomic mass is 15.0. The van der Waals surface area contributed by atoms with E-state index in [0.29, 0.717) is 0 Å². The molecule has 100 valence electrons. The van der Waals surface area contributed by atoms with Crippen molar-refractivity contribution < 1.29 is 0 Å². The molecule has 0 aromatic carbocycles. The molecule has 1 aliphatic heterocycles. The molecule has 0 atom stereocenters. The van der Waals surface area contributed by atoms with Crippen molar-refractivity contribution in [3.05, 3.63) is 22.9 Å². The lowest BCUT2D eigenvalue weighted by Gasteiger charge is -2.31. The van der Waals surface area contributed by atoms with Gasteiger partial charge in [0.2, 0.25) is 0 Å². The zero-order valence-corrected chi connectivity index (χ0v) is 12.6. The van der Waals surface area contributed by atoms with E-state index in [4.69, 9.17) is 4.98 Å². The topological polar surface area (TPSA) is 24.9 Å². The summed E-state index contributed by atoms with van der Waals surface area (Å²) in [7, 11) is 0. The van der Waals surface area contributed by atoms with Gasteiger partial charge in [-0.15, -0.1) is 0 Å². The number of pyridine rings is 1. The van der Waals surface area contributed by atoms with Crippen LogP contribution < -0.4 is 5.32 Å². The number of nitrogens with one attached hydrogen (secondary N) is 1. The number of hydrogen-bond donors (Lipinski definition) is 1. The maximum absolute atomic E-state index is 4.94. The van der Waals surface area contributed by atoms with Gasteiger partial charge in [0.1, 0.15) is 5.82 Å². The van der Waals surface area contributed by atoms with Crippen LogP contribution in [0.2, 0.25) is 0 Å². The van der Waals surface area contributed by atoms with E-state index in [1.54, 1.807) is 0 Å². The zero-order chi connectivity index (χ0) is 13.6. The van der Waals surface area contributed by atoms with Gasteiger partial charge >= 0.3 is 0 Å². The van der Waals surface area contributed by atoms with Gasteiger partial charge in [0.05, 0.1) is 5.69 Å². The Morgan fingerprint density at radius 2 is 1.72 bits per heavy atom. The molecule has 0 amide bonds. The van der Waals surface area contributed by atoms with Gasteiger partial charge in [-0.3, -0.25) is 0 Å². The summed E-state index contributed by atoms with van der Waals surface area (Å²) in [6.07, 6.45) is 2.37. The van der Waals surface area contributed by atoms with Crippen molar-refractivity contribution in [2.45, 2.75) is 65.2 Å². The Labute approximate surface area is 111 Å². The highest BCUT2D eigenvalue weighted by Gasteiger charge is 2.28. The van der Waals surface area contributed by atoms with Crippen LogP contribution in [0.15, 0.2) is 6.07 Å². The number of rotatable bonds is 0. The van der Waals surface area contributed by atoms with Crippen LogP contribution in [0.25, 0.3) is 0 Å². The summed E-state index contributed by atoms with van der Waals surface area (Å²) in [5, 5.41) is 3.44. The number of hydrogen-bond acceptors (Lipinski definition) is 2. The summed E-state index contributed by atoms with van der Waals surface area (Å²) in [6, 6.07) is 2.38. The van der Waals surface area contributed by atoms with Crippen molar-refractivity contribution in [1.82, 2.24) is 4.98 Å². The molecular weight excluding hydrogens is 220 g/mol. The fraction of sp³-hybridized carbons (Fsp3) is 0.688. The standard InChI is InChI=1S/C16H26N2/c1-15(2,3)12-10-11-8-7-9-17-14(11)18-13(12)16(4,5)6/h10H,7-9H2,1-6H3,(H,17,18). The summed E-state index contributed by atoms with van der Waals surface area (Å²) in [4.78, 5) is 4.94. The Kier molecular flexibility index (Phi) is 3.16. The van der Waals surface area contributed by atoms with Crippen molar-refractivity contribution in [3.8, 4) is 0 Å². The second-order valence-electron chi connectivity index (χ2n) is 7.42. The molecule has 0 aliphatic carbocycles. The Morgan fingerprint density at radius 3 is 2.28 bits per heavy atom. The molecule has 0 fully saturated rings. The van der Waals surface area contributed by atoms with Crippen LogP contribution >= 0.6 is 0 Å². The van der Waals surface area contributed by atoms with Gasteiger partial charge in [0.25, 0.3) is 0 Å². The molecule has 1 aromatic heterocycles. The Morgan fingerprint density at radius 1 is 1.06 bits per heavy atom. The summed E-state index contributed by atoms with van der Waals surface area (Å²) in [6.45, 7) is 14.6. The first-order chi connectivity index (χ1) is 8.19. The largest absolute Gasteiger partial charge is 0.370 e. The van der Waals surface area contributed by atoms with E-state index in [-0.39, 0.29) is 10.8 Å². The average molecular weight is 246 g/mol. The number of nitrogens with zero attached hydrogens (tertiary/aromatic N) is 1. The Hall–Kier alpha value is -1.05. The lowest BCUT2D eigenvalue weighted by atomic mass is 9.77. The lowest BCUT2D eigenvalue weighted by molar-refractivity contribution is 0.512. The second-order valence-corrected chi connectivity index (χ2v) is 7.42. The third-order valence-electron chi connectivity index (χ3n) is 3.54. The van der Waals surface area contributed by atoms with Crippen LogP contribution in [-0.4, -0.2) is 11.5 Å². The molecule has 18 heavy (non-hydrogen) atoms. The lowest BCUT2D eigenvalue weighted by Crippen LogP contribution is -2.26. The average Bonchev–Trinajstić information content (AvgIpc) is 2.25. The smallest absolute Gasteiger partial charge is 0.129 e. The number of aromatic nitrogens is 1. The molecule has 0 saturated heterocycles. The predicted molar refractivity (Wildman–Crippen MR) is 78.4 cm³/mol. The van der Waals surface area contributed by atoms with Crippen LogP contribution in [0.1, 0.15) is 64.8 Å². The molecule has 0 spiro atoms. The normalized spacial score (nSPS) is 16.1. The van der Waals surface area contributed by atoms with E-state index in [1.165, 1.54) is 23.2 Å². The Balaban J connectivity index is 2.63. The molecule has 0 saturated carbocycles. The molecule has 2 heteroatoms. The van der Waals surface area contributed by atoms with Crippen LogP contribution in [0.5, 0.6) is 0 Å². The quantitative estimate of drug-likeness (QED) is 0.747. The van der Waals surface area contributed by atoms with E-state index in [2.05, 4.69) is 52.9 Å². The first-order valence-electron chi connectivity index (χ1n) is 6.98. The first kappa shape index (κ1) is 13.4. The highest BCUT2D eigenvalue weighted by Crippen LogP contribution is 2.36. The maximum Gasteiger partial charge on any atom is 0.129 e. The molecule has 1 N–H and O–H groups in total. The molecule has 0 unspecified atom stereocenters. The molecule has 2 heterocycles. The third kappa shape index (κ3) is 2.52. The molecule has 2 rings (SSSR count). The monoisotopic (exact) mass is 246 g/mol. The summed E-state index contributed by atoms with van der Waals surface area (Å²) < 4.78 is 0. The molecule has 0 radical (unpaired) electrons. The minimum atomic E-state index is 0.0940. The van der Waals surface area contributed by atoms with E-state index in [9.17, 15) is 0 Å². The molecule has 0 bridgehead atoms. The van der Waals surface area contributed by atoms with Crippen molar-refractivity contribution >= 4 is 5.82 Å². The van der Waals surface area contributed by atoms with Crippen LogP contribution in [0, 0.1) is 0 Å². The van der Waals surface area contributed by atoms with Crippen molar-refractivity contribution in [1.29, 1.82) is 0 Å². The highest BCUT2D eigenvalue weighted by molar-refractivity contribution is 5.52. The zero-order valence-electron chi connectivity index (χ0n) is 12.6. The van der Waals surface area contributed by atoms with Crippen molar-refractivity contribution in [2.75, 3.05) is 11.9 Å². The van der Waals surface area contributed by atoms with E-state index in [0.717, 1.165) is 18.8 Å². The van der Waals surface area contributed by atoms with Gasteiger partial charge in [0.15, 0.2) is 0 Å². The summed E-state index contributed by atoms with van der Waals surface area (Å²) in [5.41, 5.74) is 4.28. The van der Waals surface area contributed by atoms with Gasteiger partial charge < -0.3 is 5.32 Å². The van der Waals surface area contributed by atoms with Gasteiger partial charge in [-0.25, -0.2) is 4.98 Å². The second kappa shape index (κ2) is 4.25. The van der Waals surface area contributed by atoms with Gasteiger partial charge in [-0.05, 0) is 35.4 Å². The molecular formula is C16H26N2. The van der Waals surface area contributed by atoms with E-state index >= 15 is 0 Å².